The molecule has 10 heteroatoms. The largest absolute Gasteiger partial charge is 0.465 e. The predicted octanol–water partition coefficient (Wildman–Crippen LogP) is 1.11. The molecule has 1 rings (SSSR count). The van der Waals surface area contributed by atoms with Crippen molar-refractivity contribution in [1.29, 1.82) is 0 Å². The maximum atomic E-state index is 13.0. The number of hydrogen-bond donors (Lipinski definition) is 4. The molecule has 176 valence electrons. The number of carbonyl (C=O) groups is 5. The summed E-state index contributed by atoms with van der Waals surface area (Å²) in [5.41, 5.74) is 3.15. The van der Waals surface area contributed by atoms with E-state index in [2.05, 4.69) is 16.1 Å². The van der Waals surface area contributed by atoms with Crippen LogP contribution in [0.2, 0.25) is 0 Å². The van der Waals surface area contributed by atoms with E-state index in [0.717, 1.165) is 10.6 Å². The number of nitrogens with one attached hydrogen (secondary N) is 3. The summed E-state index contributed by atoms with van der Waals surface area (Å²) in [5.74, 6) is -2.28. The monoisotopic (exact) mass is 448 g/mol. The van der Waals surface area contributed by atoms with Crippen molar-refractivity contribution in [2.24, 2.45) is 11.8 Å². The molecule has 10 nitrogen and oxygen atoms in total. The molecule has 0 saturated heterocycles. The maximum Gasteiger partial charge on any atom is 0.405 e. The molecule has 0 bridgehead atoms. The first kappa shape index (κ1) is 26.6. The third-order valence-corrected chi connectivity index (χ3v) is 4.40. The van der Waals surface area contributed by atoms with Gasteiger partial charge in [-0.3, -0.25) is 24.6 Å². The van der Waals surface area contributed by atoms with Gasteiger partial charge in [0.2, 0.25) is 12.2 Å². The minimum absolute atomic E-state index is 0.0192. The Kier molecular flexibility index (Phi) is 10.9. The topological polar surface area (TPSA) is 145 Å². The van der Waals surface area contributed by atoms with Gasteiger partial charge in [-0.1, -0.05) is 58.0 Å². The summed E-state index contributed by atoms with van der Waals surface area (Å²) in [7, 11) is 0. The van der Waals surface area contributed by atoms with E-state index >= 15 is 0 Å². The Labute approximate surface area is 187 Å². The standard InChI is InChI=1S/C22H32N4O6/c1-14(2)10-17(24-22(31)32)20(29)23-18(11-16-8-6-5-7-9-16)21(30)25-26(12-15(3)4)19(28)13-27/h5-9,13-15,17-18,24H,10-12H2,1-4H3,(H,23,29)(H,25,30)(H,31,32)/t17-,18-/m0/s1. The lowest BCUT2D eigenvalue weighted by Gasteiger charge is -2.27. The molecule has 2 atom stereocenters. The maximum absolute atomic E-state index is 13.0. The summed E-state index contributed by atoms with van der Waals surface area (Å²) in [6.07, 6.45) is -0.913. The summed E-state index contributed by atoms with van der Waals surface area (Å²) in [6.45, 7) is 7.41. The van der Waals surface area contributed by atoms with Crippen LogP contribution in [0.25, 0.3) is 0 Å². The van der Waals surface area contributed by atoms with Gasteiger partial charge in [0, 0.05) is 13.0 Å². The zero-order valence-electron chi connectivity index (χ0n) is 18.8. The number of carboxylic acid groups (broad SMARTS) is 1. The highest BCUT2D eigenvalue weighted by Crippen LogP contribution is 2.08. The Bertz CT molecular complexity index is 797. The molecule has 0 aliphatic heterocycles. The number of amides is 4. The number of rotatable bonds is 11. The van der Waals surface area contributed by atoms with Crippen molar-refractivity contribution < 1.29 is 29.1 Å². The van der Waals surface area contributed by atoms with Gasteiger partial charge in [0.25, 0.3) is 5.91 Å². The van der Waals surface area contributed by atoms with Gasteiger partial charge in [-0.2, -0.15) is 0 Å². The van der Waals surface area contributed by atoms with Crippen molar-refractivity contribution in [1.82, 2.24) is 21.1 Å². The lowest BCUT2D eigenvalue weighted by molar-refractivity contribution is -0.146. The highest BCUT2D eigenvalue weighted by Gasteiger charge is 2.29. The number of hydrogen-bond acceptors (Lipinski definition) is 5. The highest BCUT2D eigenvalue weighted by molar-refractivity contribution is 6.23. The average molecular weight is 449 g/mol. The lowest BCUT2D eigenvalue weighted by atomic mass is 10.0. The van der Waals surface area contributed by atoms with Crippen LogP contribution < -0.4 is 16.1 Å². The van der Waals surface area contributed by atoms with Gasteiger partial charge in [-0.25, -0.2) is 9.80 Å². The Morgan fingerprint density at radius 1 is 0.938 bits per heavy atom. The number of benzene rings is 1. The Hall–Kier alpha value is -3.43. The van der Waals surface area contributed by atoms with E-state index in [4.69, 9.17) is 5.11 Å². The van der Waals surface area contributed by atoms with E-state index < -0.39 is 35.9 Å². The van der Waals surface area contributed by atoms with Crippen LogP contribution in [-0.2, 0) is 25.6 Å². The van der Waals surface area contributed by atoms with Gasteiger partial charge < -0.3 is 15.7 Å². The molecule has 0 aliphatic rings. The smallest absolute Gasteiger partial charge is 0.405 e. The van der Waals surface area contributed by atoms with Crippen LogP contribution in [0.5, 0.6) is 0 Å². The van der Waals surface area contributed by atoms with Crippen LogP contribution in [0.3, 0.4) is 0 Å². The van der Waals surface area contributed by atoms with Crippen LogP contribution in [0, 0.1) is 11.8 Å². The highest BCUT2D eigenvalue weighted by atomic mass is 16.4. The third-order valence-electron chi connectivity index (χ3n) is 4.40. The molecule has 0 radical (unpaired) electrons. The van der Waals surface area contributed by atoms with Gasteiger partial charge in [-0.05, 0) is 23.8 Å². The second-order valence-corrected chi connectivity index (χ2v) is 8.32. The van der Waals surface area contributed by atoms with E-state index in [1.165, 1.54) is 0 Å². The summed E-state index contributed by atoms with van der Waals surface area (Å²) in [5, 5.41) is 14.7. The predicted molar refractivity (Wildman–Crippen MR) is 117 cm³/mol. The van der Waals surface area contributed by atoms with Crippen LogP contribution in [0.1, 0.15) is 39.7 Å². The molecule has 0 spiro atoms. The fraction of sp³-hybridized carbons (Fsp3) is 0.500. The van der Waals surface area contributed by atoms with Crippen LogP contribution in [0.15, 0.2) is 30.3 Å². The van der Waals surface area contributed by atoms with E-state index in [-0.39, 0.29) is 37.5 Å². The minimum atomic E-state index is -1.35. The molecule has 1 aromatic rings. The first-order valence-corrected chi connectivity index (χ1v) is 10.4. The molecule has 0 heterocycles. The van der Waals surface area contributed by atoms with Gasteiger partial charge in [0.05, 0.1) is 0 Å². The number of nitrogens with zero attached hydrogens (tertiary/aromatic N) is 1. The first-order valence-electron chi connectivity index (χ1n) is 10.4. The molecule has 0 unspecified atom stereocenters. The van der Waals surface area contributed by atoms with Crippen molar-refractivity contribution in [3.8, 4) is 0 Å². The summed E-state index contributed by atoms with van der Waals surface area (Å²) < 4.78 is 0. The zero-order valence-corrected chi connectivity index (χ0v) is 18.8. The van der Waals surface area contributed by atoms with Crippen molar-refractivity contribution >= 4 is 30.1 Å². The van der Waals surface area contributed by atoms with Gasteiger partial charge in [0.15, 0.2) is 0 Å². The molecule has 0 aromatic heterocycles. The number of aldehydes is 1. The molecule has 4 amide bonds. The fourth-order valence-corrected chi connectivity index (χ4v) is 3.01. The molecule has 0 saturated carbocycles. The second kappa shape index (κ2) is 13.1. The van der Waals surface area contributed by atoms with E-state index in [1.54, 1.807) is 30.3 Å². The Morgan fingerprint density at radius 2 is 1.56 bits per heavy atom. The summed E-state index contributed by atoms with van der Waals surface area (Å²) in [6, 6.07) is 6.75. The van der Waals surface area contributed by atoms with Crippen molar-refractivity contribution in [2.75, 3.05) is 6.54 Å². The van der Waals surface area contributed by atoms with Gasteiger partial charge in [0.1, 0.15) is 12.1 Å². The molecule has 0 aliphatic carbocycles. The van der Waals surface area contributed by atoms with Gasteiger partial charge >= 0.3 is 12.0 Å². The van der Waals surface area contributed by atoms with E-state index in [9.17, 15) is 24.0 Å². The molecule has 1 aromatic carbocycles. The van der Waals surface area contributed by atoms with Crippen LogP contribution in [0.4, 0.5) is 4.79 Å². The molecule has 4 N–H and O–H groups in total. The van der Waals surface area contributed by atoms with Crippen molar-refractivity contribution in [3.05, 3.63) is 35.9 Å². The zero-order chi connectivity index (χ0) is 24.3. The quantitative estimate of drug-likeness (QED) is 0.227. The summed E-state index contributed by atoms with van der Waals surface area (Å²) in [4.78, 5) is 59.8. The Balaban J connectivity index is 3.10. The molecular formula is C22H32N4O6. The average Bonchev–Trinajstić information content (AvgIpc) is 2.71. The second-order valence-electron chi connectivity index (χ2n) is 8.32. The molecule has 32 heavy (non-hydrogen) atoms. The SMILES string of the molecule is CC(C)C[C@H](NC(=O)O)C(=O)N[C@@H](Cc1ccccc1)C(=O)NN(CC(C)C)C(=O)C=O. The van der Waals surface area contributed by atoms with Crippen molar-refractivity contribution in [3.63, 3.8) is 0 Å². The van der Waals surface area contributed by atoms with E-state index in [1.807, 2.05) is 27.7 Å². The van der Waals surface area contributed by atoms with Crippen molar-refractivity contribution in [2.45, 2.75) is 52.6 Å². The lowest BCUT2D eigenvalue weighted by Crippen LogP contribution is -2.58. The normalized spacial score (nSPS) is 12.6. The Morgan fingerprint density at radius 3 is 2.06 bits per heavy atom. The minimum Gasteiger partial charge on any atom is -0.465 e. The summed E-state index contributed by atoms with van der Waals surface area (Å²) >= 11 is 0. The van der Waals surface area contributed by atoms with Gasteiger partial charge in [-0.15, -0.1) is 0 Å². The van der Waals surface area contributed by atoms with E-state index in [0.29, 0.717) is 0 Å². The number of hydrazine groups is 1. The van der Waals surface area contributed by atoms with Crippen LogP contribution in [-0.4, -0.2) is 58.8 Å². The number of carbonyl (C=O) groups excluding carboxylic acids is 4. The molecule has 0 fully saturated rings. The molecular weight excluding hydrogens is 416 g/mol. The third kappa shape index (κ3) is 9.59. The first-order chi connectivity index (χ1) is 15.0. The fourth-order valence-electron chi connectivity index (χ4n) is 3.01. The van der Waals surface area contributed by atoms with Crippen LogP contribution >= 0.6 is 0 Å².